The van der Waals surface area contributed by atoms with Crippen molar-refractivity contribution >= 4 is 6.08 Å². The van der Waals surface area contributed by atoms with Crippen LogP contribution < -0.4 is 10.2 Å². The Labute approximate surface area is 129 Å². The third kappa shape index (κ3) is 3.14. The summed E-state index contributed by atoms with van der Waals surface area (Å²) in [7, 11) is 3.35. The van der Waals surface area contributed by atoms with Crippen molar-refractivity contribution in [1.82, 2.24) is 4.57 Å². The van der Waals surface area contributed by atoms with Crippen molar-refractivity contribution < 1.29 is 14.3 Å². The molecule has 0 amide bonds. The SMILES string of the molecule is COc1oc(/C=C/CC(O)c2cccn2C)c(C)c(=O)c1C. The number of ether oxygens (including phenoxy) is 1. The fourth-order valence-corrected chi connectivity index (χ4v) is 2.34. The van der Waals surface area contributed by atoms with Crippen molar-refractivity contribution in [3.05, 3.63) is 57.2 Å². The predicted octanol–water partition coefficient (Wildman–Crippen LogP) is 2.74. The molecule has 0 radical (unpaired) electrons. The van der Waals surface area contributed by atoms with Crippen molar-refractivity contribution in [3.8, 4) is 5.95 Å². The Morgan fingerprint density at radius 2 is 2.14 bits per heavy atom. The number of nitrogens with zero attached hydrogens (tertiary/aromatic N) is 1. The van der Waals surface area contributed by atoms with Crippen LogP contribution in [0.4, 0.5) is 0 Å². The van der Waals surface area contributed by atoms with Crippen LogP contribution in [0.15, 0.2) is 33.6 Å². The summed E-state index contributed by atoms with van der Waals surface area (Å²) in [6, 6.07) is 3.76. The smallest absolute Gasteiger partial charge is 0.291 e. The molecule has 0 spiro atoms. The summed E-state index contributed by atoms with van der Waals surface area (Å²) < 4.78 is 12.5. The molecule has 2 heterocycles. The van der Waals surface area contributed by atoms with E-state index in [1.807, 2.05) is 29.9 Å². The van der Waals surface area contributed by atoms with Gasteiger partial charge in [-0.25, -0.2) is 0 Å². The lowest BCUT2D eigenvalue weighted by Gasteiger charge is -2.09. The molecule has 5 nitrogen and oxygen atoms in total. The molecule has 0 saturated carbocycles. The van der Waals surface area contributed by atoms with Gasteiger partial charge in [0.1, 0.15) is 5.76 Å². The molecule has 0 fully saturated rings. The van der Waals surface area contributed by atoms with Gasteiger partial charge in [0.2, 0.25) is 0 Å². The highest BCUT2D eigenvalue weighted by molar-refractivity contribution is 5.49. The molecule has 5 heteroatoms. The Morgan fingerprint density at radius 1 is 1.41 bits per heavy atom. The van der Waals surface area contributed by atoms with Gasteiger partial charge in [-0.2, -0.15) is 0 Å². The molecular weight excluding hydrogens is 282 g/mol. The highest BCUT2D eigenvalue weighted by Gasteiger charge is 2.13. The van der Waals surface area contributed by atoms with Crippen LogP contribution in [0.1, 0.15) is 35.1 Å². The quantitative estimate of drug-likeness (QED) is 0.922. The molecule has 0 bridgehead atoms. The second-order valence-corrected chi connectivity index (χ2v) is 5.23. The van der Waals surface area contributed by atoms with E-state index in [1.54, 1.807) is 26.0 Å². The molecule has 22 heavy (non-hydrogen) atoms. The van der Waals surface area contributed by atoms with Gasteiger partial charge in [0.05, 0.1) is 18.8 Å². The van der Waals surface area contributed by atoms with Crippen LogP contribution in [0.25, 0.3) is 6.08 Å². The number of methoxy groups -OCH3 is 1. The summed E-state index contributed by atoms with van der Waals surface area (Å²) in [6.45, 7) is 3.38. The lowest BCUT2D eigenvalue weighted by Crippen LogP contribution is -2.11. The Hall–Kier alpha value is -2.27. The molecular formula is C17H21NO4. The molecule has 2 rings (SSSR count). The average Bonchev–Trinajstić information content (AvgIpc) is 2.93. The third-order valence-corrected chi connectivity index (χ3v) is 3.70. The largest absolute Gasteiger partial charge is 0.468 e. The third-order valence-electron chi connectivity index (χ3n) is 3.70. The van der Waals surface area contributed by atoms with Gasteiger partial charge in [0.25, 0.3) is 5.95 Å². The van der Waals surface area contributed by atoms with Crippen molar-refractivity contribution in [1.29, 1.82) is 0 Å². The van der Waals surface area contributed by atoms with Gasteiger partial charge in [-0.15, -0.1) is 0 Å². The van der Waals surface area contributed by atoms with Crippen molar-refractivity contribution in [3.63, 3.8) is 0 Å². The number of aliphatic hydroxyl groups is 1. The van der Waals surface area contributed by atoms with E-state index in [0.717, 1.165) is 5.69 Å². The van der Waals surface area contributed by atoms with E-state index in [9.17, 15) is 9.90 Å². The van der Waals surface area contributed by atoms with Crippen LogP contribution in [0.2, 0.25) is 0 Å². The second-order valence-electron chi connectivity index (χ2n) is 5.23. The zero-order valence-corrected chi connectivity index (χ0v) is 13.3. The molecule has 1 N–H and O–H groups in total. The minimum absolute atomic E-state index is 0.0919. The van der Waals surface area contributed by atoms with Crippen LogP contribution in [0.5, 0.6) is 5.95 Å². The van der Waals surface area contributed by atoms with E-state index in [0.29, 0.717) is 23.3 Å². The van der Waals surface area contributed by atoms with Crippen LogP contribution >= 0.6 is 0 Å². The predicted molar refractivity (Wildman–Crippen MR) is 85.0 cm³/mol. The van der Waals surface area contributed by atoms with E-state index in [2.05, 4.69) is 0 Å². The fourth-order valence-electron chi connectivity index (χ4n) is 2.34. The first-order valence-corrected chi connectivity index (χ1v) is 7.09. The summed E-state index contributed by atoms with van der Waals surface area (Å²) in [5.41, 5.74) is 1.74. The minimum Gasteiger partial charge on any atom is -0.468 e. The van der Waals surface area contributed by atoms with Gasteiger partial charge in [0.15, 0.2) is 5.43 Å². The molecule has 118 valence electrons. The maximum atomic E-state index is 12.1. The molecule has 0 aliphatic heterocycles. The van der Waals surface area contributed by atoms with Gasteiger partial charge in [-0.3, -0.25) is 4.79 Å². The number of hydrogen-bond donors (Lipinski definition) is 1. The van der Waals surface area contributed by atoms with Crippen molar-refractivity contribution in [2.24, 2.45) is 7.05 Å². The Morgan fingerprint density at radius 3 is 2.73 bits per heavy atom. The maximum absolute atomic E-state index is 12.1. The second kappa shape index (κ2) is 6.66. The monoisotopic (exact) mass is 303 g/mol. The zero-order valence-electron chi connectivity index (χ0n) is 13.3. The molecule has 2 aromatic rings. The van der Waals surface area contributed by atoms with Crippen LogP contribution in [0.3, 0.4) is 0 Å². The normalized spacial score (nSPS) is 12.8. The first kappa shape index (κ1) is 16.1. The Kier molecular flexibility index (Phi) is 4.88. The van der Waals surface area contributed by atoms with Gasteiger partial charge < -0.3 is 18.8 Å². The highest BCUT2D eigenvalue weighted by atomic mass is 16.6. The number of aromatic nitrogens is 1. The fraction of sp³-hybridized carbons (Fsp3) is 0.353. The zero-order chi connectivity index (χ0) is 16.3. The molecule has 1 unspecified atom stereocenters. The minimum atomic E-state index is -0.601. The van der Waals surface area contributed by atoms with Crippen molar-refractivity contribution in [2.45, 2.75) is 26.4 Å². The number of rotatable bonds is 5. The topological polar surface area (TPSA) is 64.6 Å². The maximum Gasteiger partial charge on any atom is 0.291 e. The van der Waals surface area contributed by atoms with Crippen molar-refractivity contribution in [2.75, 3.05) is 7.11 Å². The molecule has 2 aromatic heterocycles. The molecule has 0 aliphatic rings. The van der Waals surface area contributed by atoms with Gasteiger partial charge in [0, 0.05) is 24.5 Å². The molecule has 0 aromatic carbocycles. The standard InChI is InChI=1S/C17H21NO4/c1-11-15(22-17(21-4)12(2)16(11)20)9-5-8-14(19)13-7-6-10-18(13)3/h5-7,9-10,14,19H,8H2,1-4H3/b9-5+. The number of aliphatic hydroxyl groups excluding tert-OH is 1. The van der Waals surface area contributed by atoms with Crippen LogP contribution in [-0.4, -0.2) is 16.8 Å². The molecule has 0 aliphatic carbocycles. The Balaban J connectivity index is 2.19. The van der Waals surface area contributed by atoms with Crippen LogP contribution in [-0.2, 0) is 7.05 Å². The van der Waals surface area contributed by atoms with Crippen LogP contribution in [0, 0.1) is 13.8 Å². The van der Waals surface area contributed by atoms with E-state index >= 15 is 0 Å². The van der Waals surface area contributed by atoms with Gasteiger partial charge >= 0.3 is 0 Å². The van der Waals surface area contributed by atoms with E-state index in [4.69, 9.17) is 9.15 Å². The summed E-state index contributed by atoms with van der Waals surface area (Å²) in [5, 5.41) is 10.1. The van der Waals surface area contributed by atoms with Gasteiger partial charge in [-0.05, 0) is 38.5 Å². The average molecular weight is 303 g/mol. The summed E-state index contributed by atoms with van der Waals surface area (Å²) in [5.74, 6) is 0.671. The first-order valence-electron chi connectivity index (χ1n) is 7.09. The number of aryl methyl sites for hydroxylation is 1. The first-order chi connectivity index (χ1) is 10.5. The van der Waals surface area contributed by atoms with E-state index < -0.39 is 6.10 Å². The summed E-state index contributed by atoms with van der Waals surface area (Å²) in [6.07, 6.45) is 5.20. The lowest BCUT2D eigenvalue weighted by atomic mass is 10.1. The van der Waals surface area contributed by atoms with E-state index in [-0.39, 0.29) is 11.4 Å². The lowest BCUT2D eigenvalue weighted by molar-refractivity contribution is 0.173. The number of hydrogen-bond acceptors (Lipinski definition) is 4. The molecule has 0 saturated heterocycles. The molecule has 1 atom stereocenters. The highest BCUT2D eigenvalue weighted by Crippen LogP contribution is 2.21. The van der Waals surface area contributed by atoms with Gasteiger partial charge in [-0.1, -0.05) is 6.08 Å². The summed E-state index contributed by atoms with van der Waals surface area (Å²) >= 11 is 0. The Bertz CT molecular complexity index is 740. The summed E-state index contributed by atoms with van der Waals surface area (Å²) in [4.78, 5) is 12.1. The van der Waals surface area contributed by atoms with E-state index in [1.165, 1.54) is 7.11 Å².